The molecule has 1 fully saturated rings. The highest BCUT2D eigenvalue weighted by molar-refractivity contribution is 5.94. The summed E-state index contributed by atoms with van der Waals surface area (Å²) in [5.41, 5.74) is 1.12. The number of hydrogen-bond acceptors (Lipinski definition) is 2. The van der Waals surface area contributed by atoms with E-state index < -0.39 is 12.8 Å². The normalized spacial score (nSPS) is 24.6. The number of halogens is 3. The lowest BCUT2D eigenvalue weighted by Crippen LogP contribution is -2.43. The monoisotopic (exact) mass is 343 g/mol. The second kappa shape index (κ2) is 8.01. The number of ether oxygens (including phenoxy) is 1. The molecule has 0 saturated heterocycles. The molecule has 0 aromatic heterocycles. The summed E-state index contributed by atoms with van der Waals surface area (Å²) in [5, 5.41) is 3.08. The molecule has 3 atom stereocenters. The first-order chi connectivity index (χ1) is 11.3. The van der Waals surface area contributed by atoms with Gasteiger partial charge < -0.3 is 10.1 Å². The zero-order valence-corrected chi connectivity index (χ0v) is 14.0. The van der Waals surface area contributed by atoms with Gasteiger partial charge in [-0.15, -0.1) is 0 Å². The number of hydrogen-bond donors (Lipinski definition) is 1. The minimum absolute atomic E-state index is 0.126. The maximum absolute atomic E-state index is 12.3. The van der Waals surface area contributed by atoms with Crippen LogP contribution < -0.4 is 5.32 Å². The van der Waals surface area contributed by atoms with Crippen LogP contribution in [0, 0.1) is 11.8 Å². The van der Waals surface area contributed by atoms with Gasteiger partial charge in [-0.05, 0) is 36.0 Å². The van der Waals surface area contributed by atoms with E-state index in [2.05, 4.69) is 23.9 Å². The molecule has 0 heterocycles. The van der Waals surface area contributed by atoms with Gasteiger partial charge in [-0.2, -0.15) is 13.2 Å². The van der Waals surface area contributed by atoms with E-state index in [1.807, 2.05) is 0 Å². The summed E-state index contributed by atoms with van der Waals surface area (Å²) in [5.74, 6) is 0.902. The lowest BCUT2D eigenvalue weighted by Gasteiger charge is -2.34. The number of amides is 1. The Hall–Kier alpha value is -1.56. The minimum Gasteiger partial charge on any atom is -0.367 e. The third-order valence-corrected chi connectivity index (χ3v) is 4.77. The summed E-state index contributed by atoms with van der Waals surface area (Å²) < 4.78 is 40.7. The van der Waals surface area contributed by atoms with Crippen LogP contribution in [0.2, 0.25) is 0 Å². The highest BCUT2D eigenvalue weighted by atomic mass is 19.4. The number of nitrogens with one attached hydrogen (secondary N) is 1. The molecule has 1 aromatic rings. The van der Waals surface area contributed by atoms with Crippen LogP contribution >= 0.6 is 0 Å². The van der Waals surface area contributed by atoms with E-state index in [0.717, 1.165) is 12.8 Å². The molecule has 2 rings (SSSR count). The molecule has 0 spiro atoms. The molecule has 24 heavy (non-hydrogen) atoms. The maximum atomic E-state index is 12.3. The van der Waals surface area contributed by atoms with Crippen LogP contribution in [0.3, 0.4) is 0 Å². The van der Waals surface area contributed by atoms with E-state index in [0.29, 0.717) is 23.0 Å². The predicted molar refractivity (Wildman–Crippen MR) is 85.6 cm³/mol. The quantitative estimate of drug-likeness (QED) is 0.865. The van der Waals surface area contributed by atoms with Gasteiger partial charge in [0.05, 0.1) is 6.61 Å². The van der Waals surface area contributed by atoms with E-state index in [1.54, 1.807) is 24.3 Å². The van der Waals surface area contributed by atoms with Crippen LogP contribution in [0.25, 0.3) is 0 Å². The Morgan fingerprint density at radius 3 is 2.50 bits per heavy atom. The van der Waals surface area contributed by atoms with Crippen molar-refractivity contribution in [3.05, 3.63) is 35.4 Å². The number of alkyl halides is 3. The SMILES string of the molecule is CC1CCCC(NC(=O)c2ccc(COCC(F)(F)F)cc2)C1C. The van der Waals surface area contributed by atoms with Gasteiger partial charge in [0.2, 0.25) is 0 Å². The molecule has 6 heteroatoms. The summed E-state index contributed by atoms with van der Waals surface area (Å²) in [4.78, 5) is 12.3. The van der Waals surface area contributed by atoms with Crippen LogP contribution in [0.1, 0.15) is 49.0 Å². The van der Waals surface area contributed by atoms with Gasteiger partial charge >= 0.3 is 6.18 Å². The van der Waals surface area contributed by atoms with Crippen molar-refractivity contribution in [1.29, 1.82) is 0 Å². The van der Waals surface area contributed by atoms with Crippen LogP contribution in [0.4, 0.5) is 13.2 Å². The topological polar surface area (TPSA) is 38.3 Å². The van der Waals surface area contributed by atoms with E-state index in [-0.39, 0.29) is 18.6 Å². The number of rotatable bonds is 5. The fourth-order valence-corrected chi connectivity index (χ4v) is 3.07. The fourth-order valence-electron chi connectivity index (χ4n) is 3.07. The van der Waals surface area contributed by atoms with Crippen LogP contribution in [0.5, 0.6) is 0 Å². The molecule has 1 aromatic carbocycles. The maximum Gasteiger partial charge on any atom is 0.411 e. The standard InChI is InChI=1S/C18H24F3NO2/c1-12-4-3-5-16(13(12)2)22-17(23)15-8-6-14(7-9-15)10-24-11-18(19,20)21/h6-9,12-13,16H,3-5,10-11H2,1-2H3,(H,22,23). The Morgan fingerprint density at radius 2 is 1.88 bits per heavy atom. The fraction of sp³-hybridized carbons (Fsp3) is 0.611. The second-order valence-electron chi connectivity index (χ2n) is 6.65. The third kappa shape index (κ3) is 5.51. The summed E-state index contributed by atoms with van der Waals surface area (Å²) in [6.45, 7) is 2.97. The van der Waals surface area contributed by atoms with E-state index in [1.165, 1.54) is 6.42 Å². The van der Waals surface area contributed by atoms with Crippen molar-refractivity contribution >= 4 is 5.91 Å². The molecule has 1 aliphatic rings. The van der Waals surface area contributed by atoms with Gasteiger partial charge in [0.15, 0.2) is 0 Å². The molecular formula is C18H24F3NO2. The largest absolute Gasteiger partial charge is 0.411 e. The molecule has 0 aliphatic heterocycles. The Bertz CT molecular complexity index is 542. The van der Waals surface area contributed by atoms with Gasteiger partial charge in [-0.1, -0.05) is 38.8 Å². The molecule has 0 bridgehead atoms. The molecule has 1 amide bonds. The number of carbonyl (C=O) groups is 1. The average molecular weight is 343 g/mol. The first kappa shape index (κ1) is 18.8. The van der Waals surface area contributed by atoms with E-state index in [9.17, 15) is 18.0 Å². The van der Waals surface area contributed by atoms with E-state index in [4.69, 9.17) is 0 Å². The lowest BCUT2D eigenvalue weighted by molar-refractivity contribution is -0.176. The Kier molecular flexibility index (Phi) is 6.27. The number of benzene rings is 1. The molecule has 3 unspecified atom stereocenters. The summed E-state index contributed by atoms with van der Waals surface area (Å²) in [7, 11) is 0. The van der Waals surface area contributed by atoms with Crippen molar-refractivity contribution in [1.82, 2.24) is 5.32 Å². The van der Waals surface area contributed by atoms with Gasteiger partial charge in [-0.3, -0.25) is 4.79 Å². The Labute approximate surface area is 140 Å². The molecule has 134 valence electrons. The van der Waals surface area contributed by atoms with Crippen LogP contribution in [-0.2, 0) is 11.3 Å². The van der Waals surface area contributed by atoms with Crippen molar-refractivity contribution in [2.45, 2.75) is 51.9 Å². The zero-order chi connectivity index (χ0) is 17.7. The average Bonchev–Trinajstić information content (AvgIpc) is 2.51. The first-order valence-corrected chi connectivity index (χ1v) is 8.30. The third-order valence-electron chi connectivity index (χ3n) is 4.77. The smallest absolute Gasteiger partial charge is 0.367 e. The van der Waals surface area contributed by atoms with Crippen molar-refractivity contribution in [3.63, 3.8) is 0 Å². The molecule has 1 saturated carbocycles. The van der Waals surface area contributed by atoms with E-state index >= 15 is 0 Å². The highest BCUT2D eigenvalue weighted by Crippen LogP contribution is 2.29. The Morgan fingerprint density at radius 1 is 1.21 bits per heavy atom. The molecule has 3 nitrogen and oxygen atoms in total. The zero-order valence-electron chi connectivity index (χ0n) is 14.0. The summed E-state index contributed by atoms with van der Waals surface area (Å²) >= 11 is 0. The molecular weight excluding hydrogens is 319 g/mol. The van der Waals surface area contributed by atoms with Crippen molar-refractivity contribution < 1.29 is 22.7 Å². The van der Waals surface area contributed by atoms with Crippen molar-refractivity contribution in [3.8, 4) is 0 Å². The lowest BCUT2D eigenvalue weighted by atomic mass is 9.78. The number of carbonyl (C=O) groups excluding carboxylic acids is 1. The van der Waals surface area contributed by atoms with Gasteiger partial charge in [0.25, 0.3) is 5.91 Å². The van der Waals surface area contributed by atoms with Crippen molar-refractivity contribution in [2.75, 3.05) is 6.61 Å². The van der Waals surface area contributed by atoms with Crippen LogP contribution in [0.15, 0.2) is 24.3 Å². The molecule has 1 N–H and O–H groups in total. The molecule has 1 aliphatic carbocycles. The molecule has 0 radical (unpaired) electrons. The summed E-state index contributed by atoms with van der Waals surface area (Å²) in [6.07, 6.45) is -1.03. The Balaban J connectivity index is 1.87. The highest BCUT2D eigenvalue weighted by Gasteiger charge is 2.28. The first-order valence-electron chi connectivity index (χ1n) is 8.30. The van der Waals surface area contributed by atoms with Crippen LogP contribution in [-0.4, -0.2) is 24.7 Å². The predicted octanol–water partition coefficient (Wildman–Crippen LogP) is 4.32. The summed E-state index contributed by atoms with van der Waals surface area (Å²) in [6, 6.07) is 6.67. The van der Waals surface area contributed by atoms with Gasteiger partial charge in [0.1, 0.15) is 6.61 Å². The van der Waals surface area contributed by atoms with Gasteiger partial charge in [0, 0.05) is 11.6 Å². The van der Waals surface area contributed by atoms with Gasteiger partial charge in [-0.25, -0.2) is 0 Å². The minimum atomic E-state index is -4.33. The van der Waals surface area contributed by atoms with Crippen molar-refractivity contribution in [2.24, 2.45) is 11.8 Å². The second-order valence-corrected chi connectivity index (χ2v) is 6.65.